The molecule has 7 heteroatoms. The maximum Gasteiger partial charge on any atom is 0.200 e. The third-order valence-electron chi connectivity index (χ3n) is 4.99. The molecule has 0 atom stereocenters. The molecule has 0 bridgehead atoms. The molecule has 0 radical (unpaired) electrons. The van der Waals surface area contributed by atoms with Crippen LogP contribution in [-0.2, 0) is 0 Å². The first-order chi connectivity index (χ1) is 12.5. The molecule has 0 unspecified atom stereocenters. The van der Waals surface area contributed by atoms with Crippen molar-refractivity contribution < 1.29 is 4.74 Å². The Bertz CT molecular complexity index is 935. The summed E-state index contributed by atoms with van der Waals surface area (Å²) >= 11 is 0. The number of benzene rings is 1. The van der Waals surface area contributed by atoms with Gasteiger partial charge in [-0.15, -0.1) is 10.2 Å². The molecule has 1 aromatic carbocycles. The lowest BCUT2D eigenvalue weighted by Crippen LogP contribution is -2.60. The van der Waals surface area contributed by atoms with Crippen molar-refractivity contribution in [2.24, 2.45) is 0 Å². The average Bonchev–Trinajstić information content (AvgIpc) is 3.08. The Balaban J connectivity index is 1.67. The number of methoxy groups -OCH3 is 1. The van der Waals surface area contributed by atoms with E-state index in [1.165, 1.54) is 0 Å². The van der Waals surface area contributed by atoms with Crippen LogP contribution in [0.5, 0.6) is 5.75 Å². The first kappa shape index (κ1) is 16.6. The lowest BCUT2D eigenvalue weighted by Gasteiger charge is -2.49. The molecule has 0 amide bonds. The van der Waals surface area contributed by atoms with Gasteiger partial charge in [0, 0.05) is 19.6 Å². The monoisotopic (exact) mass is 352 g/mol. The molecule has 136 valence electrons. The predicted molar refractivity (Wildman–Crippen MR) is 102 cm³/mol. The van der Waals surface area contributed by atoms with Gasteiger partial charge in [-0.25, -0.2) is 0 Å². The first-order valence-electron chi connectivity index (χ1n) is 8.83. The van der Waals surface area contributed by atoms with E-state index in [0.29, 0.717) is 0 Å². The van der Waals surface area contributed by atoms with Gasteiger partial charge >= 0.3 is 0 Å². The number of rotatable bonds is 3. The minimum absolute atomic E-state index is 0.0684. The fraction of sp³-hybridized carbons (Fsp3) is 0.421. The van der Waals surface area contributed by atoms with Crippen molar-refractivity contribution in [2.75, 3.05) is 36.5 Å². The zero-order valence-electron chi connectivity index (χ0n) is 15.7. The van der Waals surface area contributed by atoms with E-state index in [9.17, 15) is 0 Å². The second kappa shape index (κ2) is 6.16. The van der Waals surface area contributed by atoms with E-state index in [1.54, 1.807) is 18.0 Å². The minimum atomic E-state index is -0.0684. The van der Waals surface area contributed by atoms with Gasteiger partial charge in [0.1, 0.15) is 12.1 Å². The van der Waals surface area contributed by atoms with Crippen molar-refractivity contribution in [3.63, 3.8) is 0 Å². The molecule has 1 saturated heterocycles. The van der Waals surface area contributed by atoms with E-state index >= 15 is 0 Å². The lowest BCUT2D eigenvalue weighted by atomic mass is 9.97. The highest BCUT2D eigenvalue weighted by Crippen LogP contribution is 2.36. The SMILES string of the molecule is COc1ccccc1N1CCN(c2cc(C)nn3cnnc23)CC1(C)C. The van der Waals surface area contributed by atoms with E-state index < -0.39 is 0 Å². The van der Waals surface area contributed by atoms with Crippen molar-refractivity contribution in [2.45, 2.75) is 26.3 Å². The zero-order valence-corrected chi connectivity index (χ0v) is 15.7. The van der Waals surface area contributed by atoms with Gasteiger partial charge < -0.3 is 14.5 Å². The first-order valence-corrected chi connectivity index (χ1v) is 8.83. The number of piperazine rings is 1. The molecule has 1 fully saturated rings. The number of hydrogen-bond acceptors (Lipinski definition) is 6. The normalized spacial score (nSPS) is 16.9. The Hall–Kier alpha value is -2.83. The summed E-state index contributed by atoms with van der Waals surface area (Å²) in [6.45, 7) is 9.19. The molecule has 4 rings (SSSR count). The minimum Gasteiger partial charge on any atom is -0.495 e. The summed E-state index contributed by atoms with van der Waals surface area (Å²) < 4.78 is 7.34. The van der Waals surface area contributed by atoms with Gasteiger partial charge in [0.05, 0.1) is 29.7 Å². The second-order valence-electron chi connectivity index (χ2n) is 7.33. The Morgan fingerprint density at radius 3 is 2.69 bits per heavy atom. The van der Waals surface area contributed by atoms with Gasteiger partial charge in [-0.3, -0.25) is 0 Å². The van der Waals surface area contributed by atoms with Gasteiger partial charge in [-0.1, -0.05) is 12.1 Å². The summed E-state index contributed by atoms with van der Waals surface area (Å²) in [7, 11) is 1.73. The smallest absolute Gasteiger partial charge is 0.200 e. The molecule has 26 heavy (non-hydrogen) atoms. The Morgan fingerprint density at radius 2 is 1.92 bits per heavy atom. The predicted octanol–water partition coefficient (Wildman–Crippen LogP) is 2.55. The van der Waals surface area contributed by atoms with Gasteiger partial charge in [-0.2, -0.15) is 9.61 Å². The molecule has 0 aliphatic carbocycles. The van der Waals surface area contributed by atoms with Crippen LogP contribution in [0.1, 0.15) is 19.5 Å². The van der Waals surface area contributed by atoms with E-state index in [2.05, 4.69) is 57.1 Å². The molecule has 0 N–H and O–H groups in total. The van der Waals surface area contributed by atoms with Crippen LogP contribution in [0.3, 0.4) is 0 Å². The number of aromatic nitrogens is 4. The highest BCUT2D eigenvalue weighted by molar-refractivity contribution is 5.70. The van der Waals surface area contributed by atoms with Crippen LogP contribution in [0.2, 0.25) is 0 Å². The summed E-state index contributed by atoms with van der Waals surface area (Å²) in [5.74, 6) is 0.911. The third-order valence-corrected chi connectivity index (χ3v) is 4.99. The highest BCUT2D eigenvalue weighted by atomic mass is 16.5. The molecule has 7 nitrogen and oxygen atoms in total. The standard InChI is InChI=1S/C19H24N6O/c1-14-11-16(18-21-20-13-25(18)22-14)23-9-10-24(19(2,3)12-23)15-7-5-6-8-17(15)26-4/h5-8,11,13H,9-10,12H2,1-4H3. The summed E-state index contributed by atoms with van der Waals surface area (Å²) in [5.41, 5.74) is 3.91. The van der Waals surface area contributed by atoms with Gasteiger partial charge in [-0.05, 0) is 39.0 Å². The number of nitrogens with zero attached hydrogens (tertiary/aromatic N) is 6. The van der Waals surface area contributed by atoms with Crippen molar-refractivity contribution in [3.05, 3.63) is 42.4 Å². The molecule has 1 aliphatic rings. The third kappa shape index (κ3) is 2.73. The Labute approximate surface area is 153 Å². The Morgan fingerprint density at radius 1 is 1.12 bits per heavy atom. The average molecular weight is 352 g/mol. The molecule has 2 aromatic heterocycles. The lowest BCUT2D eigenvalue weighted by molar-refractivity contribution is 0.389. The fourth-order valence-electron chi connectivity index (χ4n) is 3.83. The number of fused-ring (bicyclic) bond motifs is 1. The number of hydrogen-bond donors (Lipinski definition) is 0. The fourth-order valence-corrected chi connectivity index (χ4v) is 3.83. The summed E-state index contributed by atoms with van der Waals surface area (Å²) in [4.78, 5) is 4.81. The highest BCUT2D eigenvalue weighted by Gasteiger charge is 2.36. The Kier molecular flexibility index (Phi) is 3.94. The summed E-state index contributed by atoms with van der Waals surface area (Å²) in [6, 6.07) is 10.3. The number of aryl methyl sites for hydroxylation is 1. The van der Waals surface area contributed by atoms with Crippen LogP contribution >= 0.6 is 0 Å². The zero-order chi connectivity index (χ0) is 18.3. The maximum absolute atomic E-state index is 5.58. The van der Waals surface area contributed by atoms with Crippen LogP contribution in [0.15, 0.2) is 36.7 Å². The second-order valence-corrected chi connectivity index (χ2v) is 7.33. The molecular formula is C19H24N6O. The van der Waals surface area contributed by atoms with Crippen LogP contribution in [0.4, 0.5) is 11.4 Å². The molecular weight excluding hydrogens is 328 g/mol. The van der Waals surface area contributed by atoms with Crippen molar-refractivity contribution >= 4 is 17.0 Å². The molecule has 3 heterocycles. The van der Waals surface area contributed by atoms with Crippen LogP contribution < -0.4 is 14.5 Å². The maximum atomic E-state index is 5.58. The van der Waals surface area contributed by atoms with E-state index in [-0.39, 0.29) is 5.54 Å². The quantitative estimate of drug-likeness (QED) is 0.722. The van der Waals surface area contributed by atoms with Crippen LogP contribution in [0.25, 0.3) is 5.65 Å². The van der Waals surface area contributed by atoms with E-state index in [1.807, 2.05) is 19.1 Å². The number of ether oxygens (including phenoxy) is 1. The van der Waals surface area contributed by atoms with Crippen molar-refractivity contribution in [1.82, 2.24) is 19.8 Å². The van der Waals surface area contributed by atoms with E-state index in [4.69, 9.17) is 4.74 Å². The van der Waals surface area contributed by atoms with Gasteiger partial charge in [0.2, 0.25) is 5.65 Å². The van der Waals surface area contributed by atoms with Gasteiger partial charge in [0.25, 0.3) is 0 Å². The molecule has 0 saturated carbocycles. The number of para-hydroxylation sites is 2. The van der Waals surface area contributed by atoms with E-state index in [0.717, 1.165) is 48.1 Å². The van der Waals surface area contributed by atoms with Crippen molar-refractivity contribution in [1.29, 1.82) is 0 Å². The summed E-state index contributed by atoms with van der Waals surface area (Å²) in [6.07, 6.45) is 1.65. The van der Waals surface area contributed by atoms with Crippen LogP contribution in [0, 0.1) is 6.92 Å². The van der Waals surface area contributed by atoms with Crippen LogP contribution in [-0.4, -0.2) is 52.1 Å². The molecule has 1 aliphatic heterocycles. The van der Waals surface area contributed by atoms with Crippen molar-refractivity contribution in [3.8, 4) is 5.75 Å². The molecule has 3 aromatic rings. The van der Waals surface area contributed by atoms with Gasteiger partial charge in [0.15, 0.2) is 0 Å². The summed E-state index contributed by atoms with van der Waals surface area (Å²) in [5, 5.41) is 12.7. The number of anilines is 2. The largest absolute Gasteiger partial charge is 0.495 e. The molecule has 0 spiro atoms. The topological polar surface area (TPSA) is 58.8 Å².